The van der Waals surface area contributed by atoms with Crippen LogP contribution in [0.2, 0.25) is 0 Å². The minimum Gasteiger partial charge on any atom is -0.387 e. The van der Waals surface area contributed by atoms with E-state index in [1.54, 1.807) is 23.6 Å². The van der Waals surface area contributed by atoms with E-state index < -0.39 is 27.3 Å². The van der Waals surface area contributed by atoms with Gasteiger partial charge in [-0.05, 0) is 57.2 Å². The molecule has 6 nitrogen and oxygen atoms in total. The highest BCUT2D eigenvalue weighted by Crippen LogP contribution is 2.32. The molecule has 1 fully saturated rings. The molecule has 1 aromatic heterocycles. The van der Waals surface area contributed by atoms with E-state index in [1.165, 1.54) is 28.6 Å². The van der Waals surface area contributed by atoms with Gasteiger partial charge >= 0.3 is 0 Å². The number of fused-ring (bicyclic) bond motifs is 3. The maximum absolute atomic E-state index is 13.9. The molecule has 31 heavy (non-hydrogen) atoms. The molecule has 1 unspecified atom stereocenters. The number of sulfonamides is 1. The van der Waals surface area contributed by atoms with E-state index in [9.17, 15) is 22.3 Å². The van der Waals surface area contributed by atoms with Crippen LogP contribution in [0.4, 0.5) is 8.78 Å². The lowest BCUT2D eigenvalue weighted by Gasteiger charge is -2.39. The molecule has 0 aliphatic carbocycles. The van der Waals surface area contributed by atoms with Crippen molar-refractivity contribution in [2.24, 2.45) is 0 Å². The quantitative estimate of drug-likeness (QED) is 0.647. The predicted molar refractivity (Wildman–Crippen MR) is 117 cm³/mol. The van der Waals surface area contributed by atoms with Crippen molar-refractivity contribution >= 4 is 31.8 Å². The molecule has 2 aromatic carbocycles. The van der Waals surface area contributed by atoms with Crippen LogP contribution in [0.3, 0.4) is 0 Å². The van der Waals surface area contributed by atoms with E-state index in [-0.39, 0.29) is 25.0 Å². The smallest absolute Gasteiger partial charge is 0.227 e. The number of nitrogens with zero attached hydrogens (tertiary/aromatic N) is 3. The molecule has 2 heterocycles. The van der Waals surface area contributed by atoms with Crippen LogP contribution in [-0.4, -0.2) is 64.5 Å². The first-order valence-corrected chi connectivity index (χ1v) is 11.9. The Balaban J connectivity index is 1.67. The number of aliphatic hydroxyl groups is 1. The second-order valence-corrected chi connectivity index (χ2v) is 10.8. The van der Waals surface area contributed by atoms with Crippen LogP contribution in [0.25, 0.3) is 21.8 Å². The van der Waals surface area contributed by atoms with E-state index in [0.29, 0.717) is 34.9 Å². The van der Waals surface area contributed by atoms with Crippen LogP contribution < -0.4 is 0 Å². The molecule has 9 heteroatoms. The summed E-state index contributed by atoms with van der Waals surface area (Å²) in [7, 11) is -3.54. The van der Waals surface area contributed by atoms with Crippen LogP contribution in [-0.2, 0) is 16.6 Å². The van der Waals surface area contributed by atoms with Gasteiger partial charge in [-0.1, -0.05) is 0 Å². The molecule has 0 spiro atoms. The molecule has 1 atom stereocenters. The van der Waals surface area contributed by atoms with Gasteiger partial charge in [0.15, 0.2) is 0 Å². The molecule has 0 saturated carbocycles. The van der Waals surface area contributed by atoms with Gasteiger partial charge in [-0.25, -0.2) is 17.2 Å². The van der Waals surface area contributed by atoms with Crippen molar-refractivity contribution in [2.75, 3.05) is 25.5 Å². The van der Waals surface area contributed by atoms with Gasteiger partial charge in [0.2, 0.25) is 10.0 Å². The number of β-amino-alcohol motifs (C(OH)–C–C–N with tert-alkyl or cyclic N) is 1. The summed E-state index contributed by atoms with van der Waals surface area (Å²) in [5, 5.41) is 12.3. The summed E-state index contributed by atoms with van der Waals surface area (Å²) in [6, 6.07) is 8.64. The van der Waals surface area contributed by atoms with E-state index in [1.807, 2.05) is 18.7 Å². The third-order valence-corrected chi connectivity index (χ3v) is 7.65. The minimum absolute atomic E-state index is 0.0647. The standard InChI is InChI=1S/C22H27F2N3O3S/c1-15(2)25-8-9-26(31(29,30)14-25)12-22(3,28)13-27-20-6-4-16(23)10-18(20)19-11-17(24)5-7-21(19)27/h4-7,10-11,15,28H,8-9,12-14H2,1-3H3. The molecule has 1 saturated heterocycles. The van der Waals surface area contributed by atoms with Gasteiger partial charge < -0.3 is 9.67 Å². The largest absolute Gasteiger partial charge is 0.387 e. The third-order valence-electron chi connectivity index (χ3n) is 5.89. The molecule has 0 bridgehead atoms. The van der Waals surface area contributed by atoms with Crippen LogP contribution >= 0.6 is 0 Å². The Labute approximate surface area is 180 Å². The summed E-state index contributed by atoms with van der Waals surface area (Å²) in [5.41, 5.74) is -0.0983. The molecule has 0 radical (unpaired) electrons. The Morgan fingerprint density at radius 1 is 1.00 bits per heavy atom. The highest BCUT2D eigenvalue weighted by Gasteiger charge is 2.36. The molecule has 1 aliphatic heterocycles. The summed E-state index contributed by atoms with van der Waals surface area (Å²) in [4.78, 5) is 1.89. The summed E-state index contributed by atoms with van der Waals surface area (Å²) in [6.45, 7) is 6.41. The Kier molecular flexibility index (Phi) is 5.58. The van der Waals surface area contributed by atoms with E-state index in [4.69, 9.17) is 0 Å². The van der Waals surface area contributed by atoms with E-state index in [2.05, 4.69) is 0 Å². The Bertz CT molecular complexity index is 1180. The van der Waals surface area contributed by atoms with Gasteiger partial charge in [-0.3, -0.25) is 4.90 Å². The van der Waals surface area contributed by atoms with Crippen LogP contribution in [0.5, 0.6) is 0 Å². The molecule has 3 aromatic rings. The monoisotopic (exact) mass is 451 g/mol. The van der Waals surface area contributed by atoms with Gasteiger partial charge in [-0.2, -0.15) is 4.31 Å². The zero-order chi connectivity index (χ0) is 22.6. The van der Waals surface area contributed by atoms with Gasteiger partial charge in [0.25, 0.3) is 0 Å². The van der Waals surface area contributed by atoms with Crippen molar-refractivity contribution in [3.05, 3.63) is 48.0 Å². The zero-order valence-electron chi connectivity index (χ0n) is 17.8. The minimum atomic E-state index is -3.54. The number of hydrogen-bond acceptors (Lipinski definition) is 4. The average molecular weight is 452 g/mol. The SMILES string of the molecule is CC(C)N1CCN(CC(C)(O)Cn2c3ccc(F)cc3c3cc(F)ccc32)S(=O)(=O)C1. The number of aromatic nitrogens is 1. The maximum Gasteiger partial charge on any atom is 0.227 e. The summed E-state index contributed by atoms with van der Waals surface area (Å²) >= 11 is 0. The molecular weight excluding hydrogens is 424 g/mol. The fourth-order valence-electron chi connectivity index (χ4n) is 4.31. The van der Waals surface area contributed by atoms with Crippen LogP contribution in [0, 0.1) is 11.6 Å². The fraction of sp³-hybridized carbons (Fsp3) is 0.455. The normalized spacial score (nSPS) is 20.0. The highest BCUT2D eigenvalue weighted by molar-refractivity contribution is 7.89. The van der Waals surface area contributed by atoms with Crippen molar-refractivity contribution < 1.29 is 22.3 Å². The third kappa shape index (κ3) is 4.32. The summed E-state index contributed by atoms with van der Waals surface area (Å²) in [6.07, 6.45) is 0. The molecule has 0 amide bonds. The van der Waals surface area contributed by atoms with E-state index >= 15 is 0 Å². The second kappa shape index (κ2) is 7.81. The van der Waals surface area contributed by atoms with Crippen molar-refractivity contribution in [1.29, 1.82) is 0 Å². The van der Waals surface area contributed by atoms with Gasteiger partial charge in [0.1, 0.15) is 17.5 Å². The first-order valence-electron chi connectivity index (χ1n) is 10.3. The number of hydrogen-bond donors (Lipinski definition) is 1. The van der Waals surface area contributed by atoms with Gasteiger partial charge in [-0.15, -0.1) is 0 Å². The van der Waals surface area contributed by atoms with Crippen molar-refractivity contribution in [1.82, 2.24) is 13.8 Å². The fourth-order valence-corrected chi connectivity index (χ4v) is 6.15. The second-order valence-electron chi connectivity index (χ2n) is 8.89. The van der Waals surface area contributed by atoms with Crippen molar-refractivity contribution in [2.45, 2.75) is 39.0 Å². The predicted octanol–water partition coefficient (Wildman–Crippen LogP) is 3.14. The lowest BCUT2D eigenvalue weighted by molar-refractivity contribution is 0.0216. The Hall–Kier alpha value is -2.07. The molecule has 168 valence electrons. The first kappa shape index (κ1) is 22.1. The van der Waals surface area contributed by atoms with Crippen molar-refractivity contribution in [3.63, 3.8) is 0 Å². The number of rotatable bonds is 5. The highest BCUT2D eigenvalue weighted by atomic mass is 32.2. The van der Waals surface area contributed by atoms with Crippen molar-refractivity contribution in [3.8, 4) is 0 Å². The molecular formula is C22H27F2N3O3S. The average Bonchev–Trinajstić information content (AvgIpc) is 2.94. The molecule has 1 aliphatic rings. The maximum atomic E-state index is 13.9. The zero-order valence-corrected chi connectivity index (χ0v) is 18.7. The number of halogens is 2. The van der Waals surface area contributed by atoms with E-state index in [0.717, 1.165) is 0 Å². The van der Waals surface area contributed by atoms with Crippen LogP contribution in [0.15, 0.2) is 36.4 Å². The van der Waals surface area contributed by atoms with Gasteiger partial charge in [0, 0.05) is 47.5 Å². The Morgan fingerprint density at radius 2 is 1.55 bits per heavy atom. The Morgan fingerprint density at radius 3 is 2.03 bits per heavy atom. The van der Waals surface area contributed by atoms with Crippen LogP contribution in [0.1, 0.15) is 20.8 Å². The first-order chi connectivity index (χ1) is 14.5. The lowest BCUT2D eigenvalue weighted by Crippen LogP contribution is -2.56. The summed E-state index contributed by atoms with van der Waals surface area (Å²) in [5.74, 6) is -0.942. The molecule has 1 N–H and O–H groups in total. The topological polar surface area (TPSA) is 65.8 Å². The summed E-state index contributed by atoms with van der Waals surface area (Å²) < 4.78 is 56.4. The van der Waals surface area contributed by atoms with Gasteiger partial charge in [0.05, 0.1) is 12.1 Å². The molecule has 4 rings (SSSR count). The lowest BCUT2D eigenvalue weighted by atomic mass is 10.1. The number of benzene rings is 2.